The number of furan rings is 1. The number of fused-ring (bicyclic) bond motifs is 1. The van der Waals surface area contributed by atoms with Gasteiger partial charge in [-0.25, -0.2) is 0 Å². The van der Waals surface area contributed by atoms with Gasteiger partial charge >= 0.3 is 0 Å². The molecule has 1 heterocycles. The molecule has 3 nitrogen and oxygen atoms in total. The van der Waals surface area contributed by atoms with Gasteiger partial charge in [0.2, 0.25) is 0 Å². The first-order valence-electron chi connectivity index (χ1n) is 6.68. The van der Waals surface area contributed by atoms with Crippen LogP contribution in [0.1, 0.15) is 22.9 Å². The molecule has 0 aliphatic carbocycles. The average Bonchev–Trinajstić information content (AvgIpc) is 2.90. The second-order valence-electron chi connectivity index (χ2n) is 5.01. The van der Waals surface area contributed by atoms with E-state index in [-0.39, 0.29) is 6.04 Å². The largest absolute Gasteiger partial charge is 0.496 e. The lowest BCUT2D eigenvalue weighted by Crippen LogP contribution is -2.12. The molecule has 2 aromatic carbocycles. The number of hydrogen-bond acceptors (Lipinski definition) is 3. The number of methoxy groups -OCH3 is 1. The Bertz CT molecular complexity index is 795. The monoisotopic (exact) mass is 345 g/mol. The highest BCUT2D eigenvalue weighted by Crippen LogP contribution is 2.33. The van der Waals surface area contributed by atoms with Gasteiger partial charge in [0, 0.05) is 15.4 Å². The molecule has 0 spiro atoms. The fourth-order valence-electron chi connectivity index (χ4n) is 2.53. The minimum Gasteiger partial charge on any atom is -0.496 e. The van der Waals surface area contributed by atoms with Crippen molar-refractivity contribution in [3.05, 3.63) is 63.8 Å². The zero-order valence-electron chi connectivity index (χ0n) is 11.9. The van der Waals surface area contributed by atoms with E-state index in [1.807, 2.05) is 49.4 Å². The lowest BCUT2D eigenvalue weighted by atomic mass is 10.0. The average molecular weight is 346 g/mol. The van der Waals surface area contributed by atoms with Crippen LogP contribution < -0.4 is 10.5 Å². The normalized spacial score (nSPS) is 12.6. The minimum atomic E-state index is -0.355. The topological polar surface area (TPSA) is 48.4 Å². The van der Waals surface area contributed by atoms with Gasteiger partial charge < -0.3 is 14.9 Å². The highest BCUT2D eigenvalue weighted by atomic mass is 79.9. The number of ether oxygens (including phenoxy) is 1. The molecule has 0 saturated carbocycles. The van der Waals surface area contributed by atoms with Crippen LogP contribution in [0.15, 0.2) is 51.4 Å². The Hall–Kier alpha value is -1.78. The van der Waals surface area contributed by atoms with E-state index >= 15 is 0 Å². The molecule has 108 valence electrons. The molecule has 0 amide bonds. The summed E-state index contributed by atoms with van der Waals surface area (Å²) >= 11 is 3.50. The first-order valence-corrected chi connectivity index (χ1v) is 7.47. The van der Waals surface area contributed by atoms with Gasteiger partial charge in [-0.15, -0.1) is 0 Å². The molecule has 0 radical (unpaired) electrons. The predicted octanol–water partition coefficient (Wildman–Crippen LogP) is 4.56. The Morgan fingerprint density at radius 3 is 2.71 bits per heavy atom. The van der Waals surface area contributed by atoms with Crippen molar-refractivity contribution in [3.8, 4) is 5.75 Å². The lowest BCUT2D eigenvalue weighted by Gasteiger charge is -2.13. The Balaban J connectivity index is 2.09. The summed E-state index contributed by atoms with van der Waals surface area (Å²) in [6.07, 6.45) is 0. The van der Waals surface area contributed by atoms with Crippen LogP contribution in [0.4, 0.5) is 0 Å². The maximum atomic E-state index is 6.36. The highest BCUT2D eigenvalue weighted by molar-refractivity contribution is 9.10. The van der Waals surface area contributed by atoms with E-state index in [0.29, 0.717) is 0 Å². The summed E-state index contributed by atoms with van der Waals surface area (Å²) in [4.78, 5) is 0. The molecular formula is C17H16BrNO2. The van der Waals surface area contributed by atoms with Gasteiger partial charge in [0.25, 0.3) is 0 Å². The summed E-state index contributed by atoms with van der Waals surface area (Å²) in [5.74, 6) is 1.50. The van der Waals surface area contributed by atoms with Crippen molar-refractivity contribution >= 4 is 26.9 Å². The van der Waals surface area contributed by atoms with E-state index in [9.17, 15) is 0 Å². The van der Waals surface area contributed by atoms with Crippen molar-refractivity contribution in [2.45, 2.75) is 13.0 Å². The fourth-order valence-corrected chi connectivity index (χ4v) is 3.12. The van der Waals surface area contributed by atoms with Crippen molar-refractivity contribution in [3.63, 3.8) is 0 Å². The third-order valence-corrected chi connectivity index (χ3v) is 4.02. The van der Waals surface area contributed by atoms with Gasteiger partial charge in [-0.1, -0.05) is 34.1 Å². The molecule has 1 aromatic heterocycles. The molecule has 0 aliphatic heterocycles. The van der Waals surface area contributed by atoms with E-state index in [1.165, 1.54) is 0 Å². The number of benzene rings is 2. The van der Waals surface area contributed by atoms with E-state index in [4.69, 9.17) is 14.9 Å². The highest BCUT2D eigenvalue weighted by Gasteiger charge is 2.18. The van der Waals surface area contributed by atoms with Gasteiger partial charge in [-0.3, -0.25) is 0 Å². The summed E-state index contributed by atoms with van der Waals surface area (Å²) in [6, 6.07) is 13.4. The first kappa shape index (κ1) is 14.2. The van der Waals surface area contributed by atoms with Crippen LogP contribution in [0, 0.1) is 6.92 Å². The van der Waals surface area contributed by atoms with Crippen LogP contribution in [0.5, 0.6) is 5.75 Å². The minimum absolute atomic E-state index is 0.355. The molecule has 0 saturated heterocycles. The molecule has 4 heteroatoms. The molecule has 3 rings (SSSR count). The van der Waals surface area contributed by atoms with Crippen LogP contribution in [-0.4, -0.2) is 7.11 Å². The van der Waals surface area contributed by atoms with Crippen molar-refractivity contribution in [1.82, 2.24) is 0 Å². The molecule has 3 aromatic rings. The number of nitrogens with two attached hydrogens (primary N) is 1. The van der Waals surface area contributed by atoms with E-state index < -0.39 is 0 Å². The first-order chi connectivity index (χ1) is 10.1. The molecule has 1 unspecified atom stereocenters. The van der Waals surface area contributed by atoms with Gasteiger partial charge in [-0.2, -0.15) is 0 Å². The van der Waals surface area contributed by atoms with Crippen molar-refractivity contribution in [1.29, 1.82) is 0 Å². The van der Waals surface area contributed by atoms with Gasteiger partial charge in [0.1, 0.15) is 17.1 Å². The standard InChI is InChI=1S/C17H16BrNO2/c1-10-7-12(18)8-11-9-15(21-17(10)11)16(19)13-5-3-4-6-14(13)20-2/h3-9,16H,19H2,1-2H3. The van der Waals surface area contributed by atoms with Gasteiger partial charge in [0.15, 0.2) is 0 Å². The number of halogens is 1. The summed E-state index contributed by atoms with van der Waals surface area (Å²) in [6.45, 7) is 2.02. The van der Waals surface area contributed by atoms with E-state index in [1.54, 1.807) is 7.11 Å². The van der Waals surface area contributed by atoms with Crippen LogP contribution in [0.2, 0.25) is 0 Å². The molecule has 0 bridgehead atoms. The quantitative estimate of drug-likeness (QED) is 0.756. The second kappa shape index (κ2) is 5.54. The summed E-state index contributed by atoms with van der Waals surface area (Å²) in [5.41, 5.74) is 9.23. The molecule has 1 atom stereocenters. The molecule has 0 aliphatic rings. The molecule has 2 N–H and O–H groups in total. The van der Waals surface area contributed by atoms with Crippen LogP contribution in [0.25, 0.3) is 11.0 Å². The Morgan fingerprint density at radius 1 is 1.19 bits per heavy atom. The zero-order chi connectivity index (χ0) is 15.0. The summed E-state index contributed by atoms with van der Waals surface area (Å²) in [7, 11) is 1.64. The zero-order valence-corrected chi connectivity index (χ0v) is 13.5. The van der Waals surface area contributed by atoms with Crippen molar-refractivity contribution in [2.75, 3.05) is 7.11 Å². The molecule has 21 heavy (non-hydrogen) atoms. The van der Waals surface area contributed by atoms with E-state index in [0.717, 1.165) is 38.1 Å². The molecular weight excluding hydrogens is 330 g/mol. The van der Waals surface area contributed by atoms with Gasteiger partial charge in [0.05, 0.1) is 13.2 Å². The number of hydrogen-bond donors (Lipinski definition) is 1. The smallest absolute Gasteiger partial charge is 0.137 e. The van der Waals surface area contributed by atoms with E-state index in [2.05, 4.69) is 15.9 Å². The van der Waals surface area contributed by atoms with Crippen LogP contribution in [0.3, 0.4) is 0 Å². The Morgan fingerprint density at radius 2 is 1.95 bits per heavy atom. The SMILES string of the molecule is COc1ccccc1C(N)c1cc2cc(Br)cc(C)c2o1. The van der Waals surface area contributed by atoms with Crippen molar-refractivity contribution in [2.24, 2.45) is 5.73 Å². The number of para-hydroxylation sites is 1. The summed E-state index contributed by atoms with van der Waals surface area (Å²) in [5, 5.41) is 1.04. The fraction of sp³-hybridized carbons (Fsp3) is 0.176. The number of rotatable bonds is 3. The predicted molar refractivity (Wildman–Crippen MR) is 87.7 cm³/mol. The van der Waals surface area contributed by atoms with Crippen LogP contribution >= 0.6 is 15.9 Å². The van der Waals surface area contributed by atoms with Crippen LogP contribution in [-0.2, 0) is 0 Å². The second-order valence-corrected chi connectivity index (χ2v) is 5.93. The maximum Gasteiger partial charge on any atom is 0.137 e. The molecule has 0 fully saturated rings. The van der Waals surface area contributed by atoms with Crippen molar-refractivity contribution < 1.29 is 9.15 Å². The maximum absolute atomic E-state index is 6.36. The Labute approximate surface area is 131 Å². The number of aryl methyl sites for hydroxylation is 1. The third-order valence-electron chi connectivity index (χ3n) is 3.57. The van der Waals surface area contributed by atoms with Gasteiger partial charge in [-0.05, 0) is 36.8 Å². The third kappa shape index (κ3) is 2.57. The Kier molecular flexibility index (Phi) is 3.74. The lowest BCUT2D eigenvalue weighted by molar-refractivity contribution is 0.404. The summed E-state index contributed by atoms with van der Waals surface area (Å²) < 4.78 is 12.4.